The molecule has 34 heavy (non-hydrogen) atoms. The number of hydrogen-bond donors (Lipinski definition) is 2. The highest BCUT2D eigenvalue weighted by Gasteiger charge is 2.54. The number of hydrazine groups is 1. The molecular weight excluding hydrogens is 445 g/mol. The van der Waals surface area contributed by atoms with Crippen molar-refractivity contribution in [1.29, 1.82) is 0 Å². The minimum atomic E-state index is -4.58. The van der Waals surface area contributed by atoms with Gasteiger partial charge in [-0.2, -0.15) is 13.2 Å². The first kappa shape index (κ1) is 24.1. The van der Waals surface area contributed by atoms with Gasteiger partial charge in [0.05, 0.1) is 0 Å². The van der Waals surface area contributed by atoms with Crippen LogP contribution in [0.15, 0.2) is 6.07 Å². The molecule has 1 aromatic rings. The van der Waals surface area contributed by atoms with Crippen molar-refractivity contribution in [3.8, 4) is 0 Å². The molecule has 3 saturated carbocycles. The van der Waals surface area contributed by atoms with E-state index in [1.807, 2.05) is 11.9 Å². The van der Waals surface area contributed by atoms with E-state index in [0.29, 0.717) is 11.6 Å². The predicted octanol–water partition coefficient (Wildman–Crippen LogP) is 4.62. The van der Waals surface area contributed by atoms with Gasteiger partial charge in [0, 0.05) is 45.3 Å². The molecule has 0 atom stereocenters. The summed E-state index contributed by atoms with van der Waals surface area (Å²) in [6.07, 6.45) is 7.43. The van der Waals surface area contributed by atoms with Crippen LogP contribution in [0.5, 0.6) is 0 Å². The third-order valence-corrected chi connectivity index (χ3v) is 8.83. The number of hydroxylamine groups is 1. The van der Waals surface area contributed by atoms with Gasteiger partial charge in [0.2, 0.25) is 5.82 Å². The molecule has 10 heteroatoms. The van der Waals surface area contributed by atoms with Crippen LogP contribution in [0.25, 0.3) is 0 Å². The molecular formula is C24H37F3N6O. The molecule has 190 valence electrons. The highest BCUT2D eigenvalue weighted by molar-refractivity contribution is 5.52. The Balaban J connectivity index is 1.31. The van der Waals surface area contributed by atoms with Gasteiger partial charge < -0.3 is 9.80 Å². The maximum atomic E-state index is 13.8. The van der Waals surface area contributed by atoms with Crippen molar-refractivity contribution in [3.63, 3.8) is 0 Å². The predicted molar refractivity (Wildman–Crippen MR) is 124 cm³/mol. The molecule has 2 N–H and O–H groups in total. The van der Waals surface area contributed by atoms with Crippen LogP contribution < -0.4 is 15.2 Å². The van der Waals surface area contributed by atoms with Crippen molar-refractivity contribution in [2.45, 2.75) is 88.9 Å². The van der Waals surface area contributed by atoms with Crippen LogP contribution in [-0.4, -0.2) is 59.6 Å². The summed E-state index contributed by atoms with van der Waals surface area (Å²) in [6.45, 7) is 1.55. The zero-order valence-electron chi connectivity index (χ0n) is 20.2. The standard InChI is InChI=1S/C24H37F3N6O/c1-31(18-14-23(15-18)12-17(13-23)30-32(2)34)19-11-20(29-21(28-19)24(25,26)27)33-10-6-9-22(16-33)7-4-3-5-8-22/h11,17-18,30,34H,3-10,12-16H2,1-2H3. The summed E-state index contributed by atoms with van der Waals surface area (Å²) < 4.78 is 41.3. The van der Waals surface area contributed by atoms with Crippen molar-refractivity contribution in [2.24, 2.45) is 10.8 Å². The van der Waals surface area contributed by atoms with E-state index in [2.05, 4.69) is 20.3 Å². The third kappa shape index (κ3) is 4.73. The topological polar surface area (TPSA) is 67.8 Å². The first-order chi connectivity index (χ1) is 16.1. The molecule has 0 aromatic carbocycles. The van der Waals surface area contributed by atoms with Crippen molar-refractivity contribution in [3.05, 3.63) is 11.9 Å². The van der Waals surface area contributed by atoms with Crippen molar-refractivity contribution in [2.75, 3.05) is 37.0 Å². The Morgan fingerprint density at radius 2 is 1.68 bits per heavy atom. The Bertz CT molecular complexity index is 868. The van der Waals surface area contributed by atoms with Gasteiger partial charge in [0.15, 0.2) is 0 Å². The molecule has 0 amide bonds. The zero-order valence-corrected chi connectivity index (χ0v) is 20.2. The van der Waals surface area contributed by atoms with Crippen molar-refractivity contribution >= 4 is 11.6 Å². The summed E-state index contributed by atoms with van der Waals surface area (Å²) in [5.74, 6) is -0.255. The fourth-order valence-electron chi connectivity index (χ4n) is 7.08. The molecule has 0 radical (unpaired) electrons. The molecule has 1 aliphatic heterocycles. The number of aromatic nitrogens is 2. The summed E-state index contributed by atoms with van der Waals surface area (Å²) in [6, 6.07) is 2.20. The Labute approximate surface area is 199 Å². The third-order valence-electron chi connectivity index (χ3n) is 8.83. The average Bonchev–Trinajstić information content (AvgIpc) is 2.73. The van der Waals surface area contributed by atoms with E-state index in [1.165, 1.54) is 38.5 Å². The van der Waals surface area contributed by atoms with E-state index in [9.17, 15) is 18.4 Å². The SMILES string of the molecule is CN(O)NC1CC2(C1)CC(N(C)c1cc(N3CCCC4(CCCCC4)C3)nc(C(F)(F)F)n1)C2. The molecule has 2 spiro atoms. The van der Waals surface area contributed by atoms with Crippen LogP contribution in [0.4, 0.5) is 24.8 Å². The molecule has 7 nitrogen and oxygen atoms in total. The molecule has 1 saturated heterocycles. The zero-order chi connectivity index (χ0) is 24.1. The first-order valence-corrected chi connectivity index (χ1v) is 12.7. The maximum absolute atomic E-state index is 13.8. The molecule has 5 rings (SSSR count). The second-order valence-corrected chi connectivity index (χ2v) is 11.4. The molecule has 0 unspecified atom stereocenters. The van der Waals surface area contributed by atoms with Crippen LogP contribution >= 0.6 is 0 Å². The number of piperidine rings is 1. The monoisotopic (exact) mass is 482 g/mol. The highest BCUT2D eigenvalue weighted by atomic mass is 19.4. The summed E-state index contributed by atoms with van der Waals surface area (Å²) in [5.41, 5.74) is 3.45. The molecule has 2 heterocycles. The number of halogens is 3. The molecule has 3 aliphatic carbocycles. The van der Waals surface area contributed by atoms with E-state index in [0.717, 1.165) is 50.4 Å². The van der Waals surface area contributed by atoms with Gasteiger partial charge in [-0.25, -0.2) is 15.4 Å². The van der Waals surface area contributed by atoms with Crippen LogP contribution in [0.1, 0.15) is 76.5 Å². The summed E-state index contributed by atoms with van der Waals surface area (Å²) in [7, 11) is 3.42. The molecule has 1 aromatic heterocycles. The molecule has 4 fully saturated rings. The van der Waals surface area contributed by atoms with Gasteiger partial charge in [-0.05, 0) is 62.2 Å². The Kier molecular flexibility index (Phi) is 6.21. The minimum absolute atomic E-state index is 0.169. The summed E-state index contributed by atoms with van der Waals surface area (Å²) in [5, 5.41) is 10.3. The van der Waals surface area contributed by atoms with Crippen molar-refractivity contribution in [1.82, 2.24) is 20.6 Å². The largest absolute Gasteiger partial charge is 0.451 e. The Morgan fingerprint density at radius 3 is 2.32 bits per heavy atom. The summed E-state index contributed by atoms with van der Waals surface area (Å²) >= 11 is 0. The quantitative estimate of drug-likeness (QED) is 0.594. The number of anilines is 2. The van der Waals surface area contributed by atoms with E-state index in [-0.39, 0.29) is 22.9 Å². The lowest BCUT2D eigenvalue weighted by Crippen LogP contribution is -2.61. The van der Waals surface area contributed by atoms with E-state index < -0.39 is 12.0 Å². The lowest BCUT2D eigenvalue weighted by atomic mass is 9.52. The van der Waals surface area contributed by atoms with Gasteiger partial charge in [-0.15, -0.1) is 5.17 Å². The van der Waals surface area contributed by atoms with Crippen LogP contribution in [0.3, 0.4) is 0 Å². The minimum Gasteiger partial charge on any atom is -0.356 e. The Hall–Kier alpha value is -1.65. The molecule has 4 aliphatic rings. The number of alkyl halides is 3. The maximum Gasteiger partial charge on any atom is 0.451 e. The number of nitrogens with zero attached hydrogens (tertiary/aromatic N) is 5. The average molecular weight is 483 g/mol. The first-order valence-electron chi connectivity index (χ1n) is 12.7. The van der Waals surface area contributed by atoms with E-state index in [1.54, 1.807) is 13.1 Å². The van der Waals surface area contributed by atoms with Crippen LogP contribution in [-0.2, 0) is 6.18 Å². The second-order valence-electron chi connectivity index (χ2n) is 11.4. The van der Waals surface area contributed by atoms with Gasteiger partial charge in [0.1, 0.15) is 11.6 Å². The fourth-order valence-corrected chi connectivity index (χ4v) is 7.08. The van der Waals surface area contributed by atoms with Gasteiger partial charge in [-0.3, -0.25) is 5.21 Å². The van der Waals surface area contributed by atoms with Crippen molar-refractivity contribution < 1.29 is 18.4 Å². The van der Waals surface area contributed by atoms with E-state index in [4.69, 9.17) is 0 Å². The normalized spacial score (nSPS) is 31.0. The number of rotatable bonds is 5. The Morgan fingerprint density at radius 1 is 1.00 bits per heavy atom. The van der Waals surface area contributed by atoms with Crippen LogP contribution in [0, 0.1) is 10.8 Å². The summed E-state index contributed by atoms with van der Waals surface area (Å²) in [4.78, 5) is 12.0. The van der Waals surface area contributed by atoms with Gasteiger partial charge >= 0.3 is 6.18 Å². The van der Waals surface area contributed by atoms with Gasteiger partial charge in [-0.1, -0.05) is 19.3 Å². The number of nitrogens with one attached hydrogen (secondary N) is 1. The van der Waals surface area contributed by atoms with Crippen LogP contribution in [0.2, 0.25) is 0 Å². The van der Waals surface area contributed by atoms with Gasteiger partial charge in [0.25, 0.3) is 0 Å². The highest BCUT2D eigenvalue weighted by Crippen LogP contribution is 2.57. The lowest BCUT2D eigenvalue weighted by molar-refractivity contribution is -0.152. The number of hydrogen-bond acceptors (Lipinski definition) is 7. The molecule has 0 bridgehead atoms. The smallest absolute Gasteiger partial charge is 0.356 e. The second kappa shape index (κ2) is 8.78. The lowest BCUT2D eigenvalue weighted by Gasteiger charge is -2.59. The van der Waals surface area contributed by atoms with E-state index >= 15 is 0 Å². The fraction of sp³-hybridized carbons (Fsp3) is 0.833.